The summed E-state index contributed by atoms with van der Waals surface area (Å²) in [6, 6.07) is 6.15. The smallest absolute Gasteiger partial charge is 0.307 e. The zero-order chi connectivity index (χ0) is 21.2. The molecule has 0 radical (unpaired) electrons. The van der Waals surface area contributed by atoms with Crippen LogP contribution in [0.1, 0.15) is 38.3 Å². The van der Waals surface area contributed by atoms with E-state index in [0.717, 1.165) is 41.4 Å². The maximum atomic E-state index is 12.3. The lowest BCUT2D eigenvalue weighted by molar-refractivity contribution is -0.155. The van der Waals surface area contributed by atoms with Crippen LogP contribution in [0.5, 0.6) is 0 Å². The molecule has 0 unspecified atom stereocenters. The van der Waals surface area contributed by atoms with Crippen LogP contribution in [0.25, 0.3) is 0 Å². The van der Waals surface area contributed by atoms with Gasteiger partial charge in [-0.3, -0.25) is 4.79 Å². The van der Waals surface area contributed by atoms with E-state index in [1.165, 1.54) is 0 Å². The fourth-order valence-electron chi connectivity index (χ4n) is 2.93. The minimum atomic E-state index is -0.528. The van der Waals surface area contributed by atoms with Gasteiger partial charge in [0.15, 0.2) is 0 Å². The summed E-state index contributed by atoms with van der Waals surface area (Å²) in [4.78, 5) is 25.3. The van der Waals surface area contributed by atoms with Crippen molar-refractivity contribution < 1.29 is 14.3 Å². The first-order valence-electron chi connectivity index (χ1n) is 9.55. The topological polar surface area (TPSA) is 58.6 Å². The number of nitrogens with zero attached hydrogens (tertiary/aromatic N) is 1. The molecule has 0 saturated carbocycles. The molecule has 1 atom stereocenters. The molecule has 1 rings (SSSR count). The van der Waals surface area contributed by atoms with E-state index in [1.54, 1.807) is 0 Å². The molecule has 0 heterocycles. The first kappa shape index (κ1) is 25.0. The van der Waals surface area contributed by atoms with Gasteiger partial charge in [0.25, 0.3) is 7.41 Å². The van der Waals surface area contributed by atoms with Gasteiger partial charge in [-0.2, -0.15) is 0 Å². The first-order chi connectivity index (χ1) is 13.2. The Kier molecular flexibility index (Phi) is 11.2. The molecule has 0 aliphatic rings. The van der Waals surface area contributed by atoms with Crippen LogP contribution in [-0.2, 0) is 20.7 Å². The Morgan fingerprint density at radius 2 is 2.11 bits per heavy atom. The summed E-state index contributed by atoms with van der Waals surface area (Å²) >= 11 is 9.44. The number of anilines is 1. The molecule has 0 bridgehead atoms. The second-order valence-corrected chi connectivity index (χ2v) is 8.91. The zero-order valence-electron chi connectivity index (χ0n) is 17.3. The van der Waals surface area contributed by atoms with Crippen molar-refractivity contribution in [1.29, 1.82) is 0 Å². The van der Waals surface area contributed by atoms with Crippen LogP contribution < -0.4 is 10.1 Å². The van der Waals surface area contributed by atoms with Crippen molar-refractivity contribution in [3.05, 3.63) is 29.3 Å². The largest absolute Gasteiger partial charge is 0.460 e. The molecule has 0 aliphatic carbocycles. The number of alkyl halides is 2. The molecule has 0 amide bonds. The molecule has 0 aromatic heterocycles. The molecular weight excluding hydrogens is 442 g/mol. The molecule has 0 spiro atoms. The Hall–Kier alpha value is -1.05. The molecule has 5 nitrogen and oxygen atoms in total. The van der Waals surface area contributed by atoms with Crippen molar-refractivity contribution >= 4 is 52.8 Å². The lowest BCUT2D eigenvalue weighted by Gasteiger charge is -2.26. The van der Waals surface area contributed by atoms with Gasteiger partial charge in [0.2, 0.25) is 0 Å². The van der Waals surface area contributed by atoms with E-state index in [-0.39, 0.29) is 25.8 Å². The van der Waals surface area contributed by atoms with Crippen molar-refractivity contribution in [2.45, 2.75) is 52.2 Å². The number of carbonyl (C=O) groups is 2. The quantitative estimate of drug-likeness (QED) is 0.219. The molecule has 0 saturated heterocycles. The van der Waals surface area contributed by atoms with Crippen molar-refractivity contribution in [3.63, 3.8) is 0 Å². The number of aryl methyl sites for hydroxylation is 1. The van der Waals surface area contributed by atoms with Crippen molar-refractivity contribution in [2.24, 2.45) is 0 Å². The van der Waals surface area contributed by atoms with Gasteiger partial charge in [0.1, 0.15) is 5.60 Å². The summed E-state index contributed by atoms with van der Waals surface area (Å²) in [6.45, 7) is 9.23. The van der Waals surface area contributed by atoms with Gasteiger partial charge in [-0.15, -0.1) is 11.6 Å². The van der Waals surface area contributed by atoms with E-state index in [4.69, 9.17) is 16.3 Å². The molecule has 0 aliphatic heterocycles. The number of carbonyl (C=O) groups excluding carboxylic acids is 2. The average Bonchev–Trinajstić information content (AvgIpc) is 2.59. The highest BCUT2D eigenvalue weighted by Crippen LogP contribution is 2.22. The Balaban J connectivity index is 2.98. The summed E-state index contributed by atoms with van der Waals surface area (Å²) in [5.74, 6) is 0.283. The van der Waals surface area contributed by atoms with E-state index in [1.807, 2.05) is 20.8 Å². The van der Waals surface area contributed by atoms with Crippen LogP contribution in [-0.4, -0.2) is 55.5 Å². The fraction of sp³-hybridized carbons (Fsp3) is 0.600. The maximum absolute atomic E-state index is 12.3. The summed E-state index contributed by atoms with van der Waals surface area (Å²) in [5, 5.41) is 4.01. The van der Waals surface area contributed by atoms with Gasteiger partial charge in [0, 0.05) is 36.0 Å². The van der Waals surface area contributed by atoms with Crippen molar-refractivity contribution in [1.82, 2.24) is 5.23 Å². The predicted molar refractivity (Wildman–Crippen MR) is 123 cm³/mol. The van der Waals surface area contributed by atoms with Gasteiger partial charge in [-0.05, 0) is 57.4 Å². The zero-order valence-corrected chi connectivity index (χ0v) is 19.6. The monoisotopic (exact) mass is 472 g/mol. The number of hydrogen-bond acceptors (Lipinski definition) is 5. The summed E-state index contributed by atoms with van der Waals surface area (Å²) in [6.07, 6.45) is 1.65. The number of esters is 1. The Labute approximate surface area is 182 Å². The van der Waals surface area contributed by atoms with E-state index >= 15 is 0 Å². The third kappa shape index (κ3) is 9.44. The molecule has 1 N–H and O–H groups in total. The third-order valence-corrected chi connectivity index (χ3v) is 4.72. The summed E-state index contributed by atoms with van der Waals surface area (Å²) in [5.41, 5.74) is 2.86. The number of hydrogen-bond donors (Lipinski definition) is 1. The predicted octanol–water partition coefficient (Wildman–Crippen LogP) is 3.21. The van der Waals surface area contributed by atoms with E-state index in [9.17, 15) is 9.59 Å². The molecule has 1 aromatic rings. The first-order valence-corrected chi connectivity index (χ1v) is 11.2. The summed E-state index contributed by atoms with van der Waals surface area (Å²) < 4.78 is 5.45. The minimum Gasteiger partial charge on any atom is -0.460 e. The maximum Gasteiger partial charge on any atom is 0.307 e. The minimum absolute atomic E-state index is 0.174. The third-order valence-electron chi connectivity index (χ3n) is 4.20. The van der Waals surface area contributed by atoms with Crippen molar-refractivity contribution in [2.75, 3.05) is 29.2 Å². The van der Waals surface area contributed by atoms with Crippen LogP contribution in [0, 0.1) is 6.92 Å². The number of rotatable bonds is 12. The number of ether oxygens (including phenoxy) is 1. The van der Waals surface area contributed by atoms with Crippen LogP contribution in [0.15, 0.2) is 18.2 Å². The van der Waals surface area contributed by atoms with Crippen LogP contribution in [0.2, 0.25) is 0 Å². The average molecular weight is 474 g/mol. The van der Waals surface area contributed by atoms with Crippen LogP contribution in [0.4, 0.5) is 5.69 Å². The Morgan fingerprint density at radius 1 is 1.39 bits per heavy atom. The highest BCUT2D eigenvalue weighted by molar-refractivity contribution is 9.09. The highest BCUT2D eigenvalue weighted by atomic mass is 79.9. The highest BCUT2D eigenvalue weighted by Gasteiger charge is 2.21. The lowest BCUT2D eigenvalue weighted by atomic mass is 9.91. The van der Waals surface area contributed by atoms with E-state index < -0.39 is 5.60 Å². The standard InChI is InChI=1S/C20H31BBrClN2O3/c1-15-5-6-18(25(9-7-22)10-8-23)12-16(15)11-17(24-21-14-26)13-19(27)28-20(2,3)4/h5-6,12,14,17,21,24H,7-11,13H2,1-4H3/t17-/m1/s1. The van der Waals surface area contributed by atoms with Crippen molar-refractivity contribution in [3.8, 4) is 0 Å². The molecule has 8 heteroatoms. The second kappa shape index (κ2) is 12.5. The van der Waals surface area contributed by atoms with Gasteiger partial charge in [-0.25, -0.2) is 0 Å². The SMILES string of the molecule is Cc1ccc(N(CCCl)CCBr)cc1C[C@H](CC(=O)OC(C)(C)C)NBC=O. The molecule has 1 aromatic carbocycles. The molecule has 156 valence electrons. The van der Waals surface area contributed by atoms with Gasteiger partial charge in [0.05, 0.1) is 12.6 Å². The Bertz CT molecular complexity index is 634. The summed E-state index contributed by atoms with van der Waals surface area (Å²) in [7, 11) is 0.203. The lowest BCUT2D eigenvalue weighted by Crippen LogP contribution is -2.38. The number of halogens is 2. The molecular formula is C20H31BBrClN2O3. The normalized spacial score (nSPS) is 12.4. The fourth-order valence-corrected chi connectivity index (χ4v) is 3.56. The Morgan fingerprint density at radius 3 is 2.68 bits per heavy atom. The van der Waals surface area contributed by atoms with E-state index in [2.05, 4.69) is 51.2 Å². The number of nitrogens with one attached hydrogen (secondary N) is 1. The van der Waals surface area contributed by atoms with Gasteiger partial charge < -0.3 is 19.7 Å². The van der Waals surface area contributed by atoms with Gasteiger partial charge in [-0.1, -0.05) is 22.0 Å². The van der Waals surface area contributed by atoms with E-state index in [0.29, 0.717) is 12.3 Å². The molecule has 28 heavy (non-hydrogen) atoms. The van der Waals surface area contributed by atoms with Crippen LogP contribution in [0.3, 0.4) is 0 Å². The van der Waals surface area contributed by atoms with Gasteiger partial charge >= 0.3 is 5.97 Å². The second-order valence-electron chi connectivity index (χ2n) is 7.74. The van der Waals surface area contributed by atoms with Crippen LogP contribution >= 0.6 is 27.5 Å². The number of benzene rings is 1. The molecule has 0 fully saturated rings.